The largest absolute Gasteiger partial charge is 0.509 e. The minimum absolute atomic E-state index is 0. The Balaban J connectivity index is 0.00000660. The van der Waals surface area contributed by atoms with Crippen LogP contribution in [0, 0.1) is 32.6 Å². The number of para-hydroxylation sites is 3. The molecule has 0 N–H and O–H groups in total. The van der Waals surface area contributed by atoms with E-state index in [-0.39, 0.29) is 26.5 Å². The Morgan fingerprint density at radius 3 is 1.72 bits per heavy atom. The van der Waals surface area contributed by atoms with Gasteiger partial charge in [0.25, 0.3) is 0 Å². The molecule has 11 aromatic rings. The van der Waals surface area contributed by atoms with Crippen LogP contribution in [0.25, 0.3) is 70.0 Å². The van der Waals surface area contributed by atoms with Crippen molar-refractivity contribution in [1.29, 1.82) is 0 Å². The Bertz CT molecular complexity index is 4000. The first-order valence-electron chi connectivity index (χ1n) is 27.9. The molecule has 0 atom stereocenters. The number of fused-ring (bicyclic) bond motifs is 8. The molecule has 3 aromatic heterocycles. The summed E-state index contributed by atoms with van der Waals surface area (Å²) >= 11 is 1.85. The maximum atomic E-state index is 6.91. The van der Waals surface area contributed by atoms with Gasteiger partial charge in [-0.1, -0.05) is 172 Å². The van der Waals surface area contributed by atoms with Crippen molar-refractivity contribution in [2.24, 2.45) is 0 Å². The zero-order valence-corrected chi connectivity index (χ0v) is 50.8. The molecule has 0 amide bonds. The van der Waals surface area contributed by atoms with E-state index in [0.29, 0.717) is 35.2 Å². The van der Waals surface area contributed by atoms with Crippen LogP contribution in [0.3, 0.4) is 0 Å². The summed E-state index contributed by atoms with van der Waals surface area (Å²) in [6.45, 7) is 32.2. The second-order valence-corrected chi connectivity index (χ2v) is 24.9. The van der Waals surface area contributed by atoms with E-state index < -0.39 is 0 Å². The molecule has 1 aliphatic rings. The summed E-state index contributed by atoms with van der Waals surface area (Å²) in [5, 5.41) is 4.84. The molecule has 79 heavy (non-hydrogen) atoms. The zero-order valence-electron chi connectivity index (χ0n) is 47.7. The standard InChI is InChI=1S/C72H69N4OS.Pt/c1-42(2)57-34-46(9)35-58(43(3)4)67(57)55-23-19-24-56(68-59(44(5)6)36-47(10)37-60(68)45(7)8)70(55)75-41-74(61-25-15-16-26-62(61)75)49-20-18-21-50(39-49)77-51-28-29-54-64(40-51)76(66-38-48(32-33-73-66)72(11,12)13)63-31-30-53-52-22-14-17-27-65(52)78-71(53)69(54)63;/h14-38,41-45H,1-13H3;/q-3;. The van der Waals surface area contributed by atoms with Crippen molar-refractivity contribution in [1.82, 2.24) is 9.55 Å². The van der Waals surface area contributed by atoms with Crippen LogP contribution in [-0.2, 0) is 26.5 Å². The first-order valence-corrected chi connectivity index (χ1v) is 28.7. The molecular formula is C72H69N4OPtS-3. The third-order valence-electron chi connectivity index (χ3n) is 15.9. The summed E-state index contributed by atoms with van der Waals surface area (Å²) in [4.78, 5) is 9.76. The predicted molar refractivity (Wildman–Crippen MR) is 333 cm³/mol. The molecule has 0 saturated heterocycles. The smallest absolute Gasteiger partial charge is 0.135 e. The van der Waals surface area contributed by atoms with E-state index in [1.54, 1.807) is 0 Å². The van der Waals surface area contributed by atoms with Crippen molar-refractivity contribution in [3.63, 3.8) is 0 Å². The summed E-state index contributed by atoms with van der Waals surface area (Å²) < 4.78 is 11.7. The molecule has 1 aliphatic heterocycles. The van der Waals surface area contributed by atoms with Gasteiger partial charge in [0.05, 0.1) is 0 Å². The quantitative estimate of drug-likeness (QED) is 0.121. The second kappa shape index (κ2) is 20.9. The Kier molecular flexibility index (Phi) is 14.3. The first kappa shape index (κ1) is 54.0. The van der Waals surface area contributed by atoms with Crippen LogP contribution >= 0.6 is 11.3 Å². The van der Waals surface area contributed by atoms with E-state index in [1.807, 2.05) is 23.6 Å². The Morgan fingerprint density at radius 2 is 1.11 bits per heavy atom. The average molecular weight is 1230 g/mol. The molecule has 0 saturated carbocycles. The van der Waals surface area contributed by atoms with Crippen LogP contribution in [-0.4, -0.2) is 9.55 Å². The van der Waals surface area contributed by atoms with Gasteiger partial charge in [-0.2, -0.15) is 12.1 Å². The minimum atomic E-state index is -0.0601. The average Bonchev–Trinajstić information content (AvgIpc) is 3.97. The van der Waals surface area contributed by atoms with E-state index in [0.717, 1.165) is 39.3 Å². The number of anilines is 4. The molecule has 0 unspecified atom stereocenters. The number of pyridine rings is 1. The van der Waals surface area contributed by atoms with Crippen molar-refractivity contribution in [2.45, 2.75) is 119 Å². The second-order valence-electron chi connectivity index (χ2n) is 23.8. The molecular weight excluding hydrogens is 1160 g/mol. The van der Waals surface area contributed by atoms with Crippen molar-refractivity contribution in [3.8, 4) is 39.6 Å². The molecule has 0 radical (unpaired) electrons. The van der Waals surface area contributed by atoms with Gasteiger partial charge in [-0.3, -0.25) is 0 Å². The van der Waals surface area contributed by atoms with Crippen molar-refractivity contribution < 1.29 is 25.8 Å². The fourth-order valence-corrected chi connectivity index (χ4v) is 13.3. The fourth-order valence-electron chi connectivity index (χ4n) is 12.1. The van der Waals surface area contributed by atoms with Crippen molar-refractivity contribution in [3.05, 3.63) is 210 Å². The minimum Gasteiger partial charge on any atom is -0.509 e. The molecule has 0 bridgehead atoms. The maximum absolute atomic E-state index is 6.91. The van der Waals surface area contributed by atoms with Crippen LogP contribution < -0.4 is 14.5 Å². The number of hydrogen-bond donors (Lipinski definition) is 0. The number of hydrogen-bond acceptors (Lipinski definition) is 5. The van der Waals surface area contributed by atoms with E-state index in [2.05, 4.69) is 263 Å². The topological polar surface area (TPSA) is 33.5 Å². The number of aryl methyl sites for hydroxylation is 2. The van der Waals surface area contributed by atoms with E-state index >= 15 is 0 Å². The van der Waals surface area contributed by atoms with Gasteiger partial charge in [0.15, 0.2) is 0 Å². The Hall–Kier alpha value is -6.98. The van der Waals surface area contributed by atoms with E-state index in [1.165, 1.54) is 92.4 Å². The van der Waals surface area contributed by atoms with Crippen molar-refractivity contribution in [2.75, 3.05) is 9.80 Å². The molecule has 0 aliphatic carbocycles. The third-order valence-corrected chi connectivity index (χ3v) is 17.1. The van der Waals surface area contributed by atoms with E-state index in [4.69, 9.17) is 9.72 Å². The van der Waals surface area contributed by atoms with E-state index in [9.17, 15) is 0 Å². The summed E-state index contributed by atoms with van der Waals surface area (Å²) in [6.07, 6.45) is 1.93. The number of rotatable bonds is 11. The van der Waals surface area contributed by atoms with Crippen LogP contribution in [0.4, 0.5) is 22.7 Å². The monoisotopic (exact) mass is 1230 g/mol. The molecule has 0 fully saturated rings. The van der Waals surface area contributed by atoms with Gasteiger partial charge in [0.1, 0.15) is 5.82 Å². The molecule has 7 heteroatoms. The van der Waals surface area contributed by atoms with Gasteiger partial charge in [-0.25, -0.2) is 4.98 Å². The molecule has 0 spiro atoms. The Morgan fingerprint density at radius 1 is 0.557 bits per heavy atom. The van der Waals surface area contributed by atoms with Crippen LogP contribution in [0.1, 0.15) is 139 Å². The zero-order chi connectivity index (χ0) is 54.5. The molecule has 402 valence electrons. The summed E-state index contributed by atoms with van der Waals surface area (Å²) in [5.41, 5.74) is 20.6. The van der Waals surface area contributed by atoms with Gasteiger partial charge in [-0.15, -0.1) is 59.4 Å². The third kappa shape index (κ3) is 9.47. The van der Waals surface area contributed by atoms with Gasteiger partial charge in [0.2, 0.25) is 0 Å². The normalized spacial score (nSPS) is 12.9. The number of nitrogens with zero attached hydrogens (tertiary/aromatic N) is 4. The van der Waals surface area contributed by atoms with Crippen LogP contribution in [0.15, 0.2) is 152 Å². The molecule has 12 rings (SSSR count). The van der Waals surface area contributed by atoms with Crippen LogP contribution in [0.2, 0.25) is 0 Å². The molecule has 5 nitrogen and oxygen atoms in total. The summed E-state index contributed by atoms with van der Waals surface area (Å²) in [7, 11) is 0. The molecule has 8 aromatic carbocycles. The number of benzene rings is 8. The SMILES string of the molecule is Cc1cc(C(C)C)c(-c2cccc(-c3c(C(C)C)cc(C)cc3C(C)C)c2N2[CH-]N(c3[c-]c(Oc4[c-]c5c(cc4)c4c6sc7ccccc7c6ccc4n5-c4cc(C(C)(C)C)ccn4)ccc3)c3ccccc32)c(C(C)C)c1.[Pt]. The van der Waals surface area contributed by atoms with Gasteiger partial charge >= 0.3 is 0 Å². The summed E-state index contributed by atoms with van der Waals surface area (Å²) in [5.74, 6) is 3.30. The number of aromatic nitrogens is 2. The van der Waals surface area contributed by atoms with Gasteiger partial charge < -0.3 is 19.1 Å². The van der Waals surface area contributed by atoms with Gasteiger partial charge in [-0.05, 0) is 124 Å². The van der Waals surface area contributed by atoms with Gasteiger partial charge in [0, 0.05) is 92.6 Å². The predicted octanol–water partition coefficient (Wildman–Crippen LogP) is 21.1. The maximum Gasteiger partial charge on any atom is 0.135 e. The number of thiophene rings is 1. The Labute approximate surface area is 486 Å². The number of ether oxygens (including phenoxy) is 1. The summed E-state index contributed by atoms with van der Waals surface area (Å²) in [6, 6.07) is 61.1. The fraction of sp³-hybridized carbons (Fsp3) is 0.250. The van der Waals surface area contributed by atoms with Crippen LogP contribution in [0.5, 0.6) is 11.5 Å². The first-order chi connectivity index (χ1) is 37.4. The van der Waals surface area contributed by atoms with Crippen molar-refractivity contribution >= 4 is 76.1 Å². The molecule has 4 heterocycles.